The van der Waals surface area contributed by atoms with Gasteiger partial charge in [0.2, 0.25) is 0 Å². The van der Waals surface area contributed by atoms with E-state index in [1.165, 1.54) is 11.1 Å². The lowest BCUT2D eigenvalue weighted by Gasteiger charge is -2.39. The maximum Gasteiger partial charge on any atom is 0.165 e. The molecule has 1 aromatic heterocycles. The number of rotatable bonds is 6. The van der Waals surface area contributed by atoms with Gasteiger partial charge in [0.05, 0.1) is 18.9 Å². The van der Waals surface area contributed by atoms with Crippen LogP contribution in [0.25, 0.3) is 0 Å². The molecule has 3 aliphatic rings. The number of allylic oxidation sites excluding steroid dienone is 4. The van der Waals surface area contributed by atoms with Crippen molar-refractivity contribution >= 4 is 5.78 Å². The molecule has 0 aromatic carbocycles. The predicted molar refractivity (Wildman–Crippen MR) is 111 cm³/mol. The fraction of sp³-hybridized carbons (Fsp3) is 0.667. The molecule has 1 atom stereocenters. The topological polar surface area (TPSA) is 61.6 Å². The Hall–Kier alpha value is -1.72. The fourth-order valence-corrected chi connectivity index (χ4v) is 5.24. The molecule has 1 aromatic rings. The summed E-state index contributed by atoms with van der Waals surface area (Å²) in [5.41, 5.74) is 5.88. The van der Waals surface area contributed by atoms with E-state index in [2.05, 4.69) is 25.1 Å². The molecule has 4 rings (SSSR count). The van der Waals surface area contributed by atoms with Gasteiger partial charge in [0.15, 0.2) is 11.6 Å². The van der Waals surface area contributed by atoms with Crippen molar-refractivity contribution in [2.24, 2.45) is 5.41 Å². The molecule has 29 heavy (non-hydrogen) atoms. The lowest BCUT2D eigenvalue weighted by Crippen LogP contribution is -2.30. The van der Waals surface area contributed by atoms with Crippen molar-refractivity contribution in [1.82, 2.24) is 5.16 Å². The molecule has 0 spiro atoms. The van der Waals surface area contributed by atoms with Crippen LogP contribution in [-0.4, -0.2) is 29.9 Å². The van der Waals surface area contributed by atoms with Crippen molar-refractivity contribution in [2.75, 3.05) is 13.2 Å². The number of hydrogen-bond acceptors (Lipinski definition) is 5. The summed E-state index contributed by atoms with van der Waals surface area (Å²) in [6.07, 6.45) is 9.18. The van der Waals surface area contributed by atoms with Gasteiger partial charge < -0.3 is 14.0 Å². The Morgan fingerprint density at radius 1 is 1.10 bits per heavy atom. The van der Waals surface area contributed by atoms with Crippen molar-refractivity contribution in [3.63, 3.8) is 0 Å². The molecule has 1 fully saturated rings. The summed E-state index contributed by atoms with van der Waals surface area (Å²) in [7, 11) is 0. The average Bonchev–Trinajstić information content (AvgIpc) is 3.25. The molecule has 2 aliphatic carbocycles. The van der Waals surface area contributed by atoms with Crippen molar-refractivity contribution < 1.29 is 18.8 Å². The first-order valence-corrected chi connectivity index (χ1v) is 11.0. The summed E-state index contributed by atoms with van der Waals surface area (Å²) in [6, 6.07) is 0. The van der Waals surface area contributed by atoms with Crippen molar-refractivity contribution in [1.29, 1.82) is 0 Å². The first-order chi connectivity index (χ1) is 13.8. The summed E-state index contributed by atoms with van der Waals surface area (Å²) in [5, 5.41) is 4.32. The van der Waals surface area contributed by atoms with Crippen molar-refractivity contribution in [3.8, 4) is 0 Å². The summed E-state index contributed by atoms with van der Waals surface area (Å²) < 4.78 is 16.9. The molecular formula is C24H33NO4. The summed E-state index contributed by atoms with van der Waals surface area (Å²) in [4.78, 5) is 12.9. The number of carbonyl (C=O) groups is 1. The van der Waals surface area contributed by atoms with E-state index in [1.54, 1.807) is 0 Å². The van der Waals surface area contributed by atoms with E-state index in [4.69, 9.17) is 14.0 Å². The van der Waals surface area contributed by atoms with E-state index in [9.17, 15) is 4.79 Å². The van der Waals surface area contributed by atoms with Gasteiger partial charge in [0.1, 0.15) is 5.76 Å². The highest BCUT2D eigenvalue weighted by Gasteiger charge is 2.38. The maximum atomic E-state index is 12.9. The number of carbonyl (C=O) groups excluding carboxylic acids is 1. The molecule has 0 radical (unpaired) electrons. The molecule has 1 saturated heterocycles. The SMILES string of the molecule is CC1=CC2(C)CCC(=O)C(Cc3c(CCCC4(C)OCCO4)noc3C)=C2CC1. The van der Waals surface area contributed by atoms with Gasteiger partial charge in [-0.3, -0.25) is 4.79 Å². The third-order valence-electron chi connectivity index (χ3n) is 6.96. The van der Waals surface area contributed by atoms with Crippen LogP contribution in [0.15, 0.2) is 27.3 Å². The largest absolute Gasteiger partial charge is 0.361 e. The van der Waals surface area contributed by atoms with E-state index < -0.39 is 5.79 Å². The van der Waals surface area contributed by atoms with Gasteiger partial charge in [-0.15, -0.1) is 0 Å². The van der Waals surface area contributed by atoms with Crippen LogP contribution >= 0.6 is 0 Å². The van der Waals surface area contributed by atoms with E-state index >= 15 is 0 Å². The number of ketones is 1. The zero-order chi connectivity index (χ0) is 20.6. The zero-order valence-electron chi connectivity index (χ0n) is 18.2. The Bertz CT molecular complexity index is 856. The summed E-state index contributed by atoms with van der Waals surface area (Å²) in [5.74, 6) is 0.657. The van der Waals surface area contributed by atoms with Crippen LogP contribution in [0.5, 0.6) is 0 Å². The van der Waals surface area contributed by atoms with E-state index in [0.717, 1.165) is 61.1 Å². The quantitative estimate of drug-likeness (QED) is 0.629. The van der Waals surface area contributed by atoms with E-state index in [1.807, 2.05) is 13.8 Å². The third-order valence-corrected chi connectivity index (χ3v) is 6.96. The van der Waals surface area contributed by atoms with Gasteiger partial charge in [-0.25, -0.2) is 0 Å². The Kier molecular flexibility index (Phi) is 5.56. The molecule has 0 saturated carbocycles. The van der Waals surface area contributed by atoms with Crippen LogP contribution in [0.3, 0.4) is 0 Å². The summed E-state index contributed by atoms with van der Waals surface area (Å²) in [6.45, 7) is 9.79. The molecule has 0 N–H and O–H groups in total. The van der Waals surface area contributed by atoms with Crippen LogP contribution in [0.1, 0.15) is 76.3 Å². The first kappa shape index (κ1) is 20.5. The number of Topliss-reactive ketones (excluding diaryl/α,β-unsaturated/α-hetero) is 1. The molecule has 0 amide bonds. The Morgan fingerprint density at radius 3 is 2.62 bits per heavy atom. The molecule has 5 nitrogen and oxygen atoms in total. The normalized spacial score (nSPS) is 26.6. The van der Waals surface area contributed by atoms with Crippen LogP contribution in [0.4, 0.5) is 0 Å². The number of aromatic nitrogens is 1. The van der Waals surface area contributed by atoms with Crippen LogP contribution in [0.2, 0.25) is 0 Å². The van der Waals surface area contributed by atoms with E-state index in [0.29, 0.717) is 31.8 Å². The smallest absolute Gasteiger partial charge is 0.165 e. The van der Waals surface area contributed by atoms with Gasteiger partial charge in [-0.05, 0) is 58.4 Å². The average molecular weight is 400 g/mol. The third kappa shape index (κ3) is 4.13. The Balaban J connectivity index is 1.54. The molecule has 0 bridgehead atoms. The Morgan fingerprint density at radius 2 is 1.86 bits per heavy atom. The van der Waals surface area contributed by atoms with Crippen molar-refractivity contribution in [2.45, 2.75) is 84.8 Å². The van der Waals surface area contributed by atoms with Gasteiger partial charge >= 0.3 is 0 Å². The van der Waals surface area contributed by atoms with Gasteiger partial charge in [0, 0.05) is 30.2 Å². The van der Waals surface area contributed by atoms with E-state index in [-0.39, 0.29) is 5.41 Å². The lowest BCUT2D eigenvalue weighted by atomic mass is 9.65. The summed E-state index contributed by atoms with van der Waals surface area (Å²) >= 11 is 0. The van der Waals surface area contributed by atoms with Gasteiger partial charge in [0.25, 0.3) is 0 Å². The molecule has 2 heterocycles. The standard InChI is InChI=1S/C24H33NO4/c1-16-7-8-20-19(22(26)9-11-23(20,3)15-16)14-18-17(2)29-25-21(18)6-5-10-24(4)27-12-13-28-24/h15H,5-14H2,1-4H3. The number of nitrogens with zero attached hydrogens (tertiary/aromatic N) is 1. The minimum absolute atomic E-state index is 0.0303. The second-order valence-electron chi connectivity index (χ2n) is 9.31. The highest BCUT2D eigenvalue weighted by Crippen LogP contribution is 2.47. The minimum atomic E-state index is -0.475. The zero-order valence-corrected chi connectivity index (χ0v) is 18.2. The molecule has 5 heteroatoms. The predicted octanol–water partition coefficient (Wildman–Crippen LogP) is 5.02. The monoisotopic (exact) mass is 399 g/mol. The minimum Gasteiger partial charge on any atom is -0.361 e. The fourth-order valence-electron chi connectivity index (χ4n) is 5.24. The van der Waals surface area contributed by atoms with Gasteiger partial charge in [-0.1, -0.05) is 29.3 Å². The number of hydrogen-bond donors (Lipinski definition) is 0. The first-order valence-electron chi connectivity index (χ1n) is 11.0. The van der Waals surface area contributed by atoms with Crippen LogP contribution in [0, 0.1) is 12.3 Å². The highest BCUT2D eigenvalue weighted by atomic mass is 16.7. The number of ether oxygens (including phenoxy) is 2. The molecular weight excluding hydrogens is 366 g/mol. The van der Waals surface area contributed by atoms with Gasteiger partial charge in [-0.2, -0.15) is 0 Å². The van der Waals surface area contributed by atoms with Crippen LogP contribution in [-0.2, 0) is 27.1 Å². The maximum absolute atomic E-state index is 12.9. The lowest BCUT2D eigenvalue weighted by molar-refractivity contribution is -0.147. The Labute approximate surface area is 173 Å². The molecule has 158 valence electrons. The number of aryl methyl sites for hydroxylation is 2. The second kappa shape index (κ2) is 7.84. The van der Waals surface area contributed by atoms with Crippen LogP contribution < -0.4 is 0 Å². The highest BCUT2D eigenvalue weighted by molar-refractivity contribution is 5.98. The molecule has 1 aliphatic heterocycles. The van der Waals surface area contributed by atoms with Crippen molar-refractivity contribution in [3.05, 3.63) is 39.8 Å². The second-order valence-corrected chi connectivity index (χ2v) is 9.31. The molecule has 1 unspecified atom stereocenters. The number of fused-ring (bicyclic) bond motifs is 1.